The van der Waals surface area contributed by atoms with E-state index in [9.17, 15) is 4.79 Å². The minimum absolute atomic E-state index is 0.317. The second kappa shape index (κ2) is 5.17. The first-order chi connectivity index (χ1) is 9.72. The van der Waals surface area contributed by atoms with Crippen molar-refractivity contribution >= 4 is 22.9 Å². The summed E-state index contributed by atoms with van der Waals surface area (Å²) in [6.45, 7) is 1.88. The van der Waals surface area contributed by atoms with Crippen molar-refractivity contribution in [1.82, 2.24) is 0 Å². The van der Waals surface area contributed by atoms with Gasteiger partial charge < -0.3 is 4.42 Å². The molecule has 0 spiro atoms. The van der Waals surface area contributed by atoms with Crippen LogP contribution in [0.4, 0.5) is 0 Å². The maximum atomic E-state index is 11.3. The average molecular weight is 262 g/mol. The summed E-state index contributed by atoms with van der Waals surface area (Å²) >= 11 is 0. The summed E-state index contributed by atoms with van der Waals surface area (Å²) in [7, 11) is 0. The van der Waals surface area contributed by atoms with Crippen LogP contribution < -0.4 is 5.63 Å². The summed E-state index contributed by atoms with van der Waals surface area (Å²) < 4.78 is 5.15. The molecule has 0 saturated carbocycles. The van der Waals surface area contributed by atoms with E-state index in [1.807, 2.05) is 49.4 Å². The molecular formula is C18H14O2. The largest absolute Gasteiger partial charge is 0.423 e. The van der Waals surface area contributed by atoms with Gasteiger partial charge in [-0.2, -0.15) is 0 Å². The molecule has 0 aliphatic rings. The van der Waals surface area contributed by atoms with Gasteiger partial charge in [-0.15, -0.1) is 0 Å². The summed E-state index contributed by atoms with van der Waals surface area (Å²) in [5.74, 6) is 0.572. The fraction of sp³-hybridized carbons (Fsp3) is 0.0556. The normalized spacial score (nSPS) is 11.2. The van der Waals surface area contributed by atoms with E-state index in [-0.39, 0.29) is 5.63 Å². The maximum absolute atomic E-state index is 11.3. The average Bonchev–Trinajstić information content (AvgIpc) is 2.44. The second-order valence-electron chi connectivity index (χ2n) is 4.76. The zero-order chi connectivity index (χ0) is 13.9. The van der Waals surface area contributed by atoms with E-state index >= 15 is 0 Å². The molecule has 2 heteroatoms. The van der Waals surface area contributed by atoms with E-state index < -0.39 is 0 Å². The van der Waals surface area contributed by atoms with Gasteiger partial charge in [-0.3, -0.25) is 0 Å². The van der Waals surface area contributed by atoms with Gasteiger partial charge in [-0.05, 0) is 41.0 Å². The van der Waals surface area contributed by atoms with Gasteiger partial charge in [-0.1, -0.05) is 48.5 Å². The number of aryl methyl sites for hydroxylation is 1. The van der Waals surface area contributed by atoms with Crippen LogP contribution in [0.3, 0.4) is 0 Å². The van der Waals surface area contributed by atoms with Crippen LogP contribution in [-0.4, -0.2) is 0 Å². The van der Waals surface area contributed by atoms with Crippen molar-refractivity contribution < 1.29 is 4.42 Å². The molecular weight excluding hydrogens is 248 g/mol. The van der Waals surface area contributed by atoms with E-state index in [2.05, 4.69) is 18.2 Å². The zero-order valence-electron chi connectivity index (χ0n) is 11.2. The van der Waals surface area contributed by atoms with Crippen molar-refractivity contribution in [3.8, 4) is 0 Å². The van der Waals surface area contributed by atoms with Crippen molar-refractivity contribution in [3.63, 3.8) is 0 Å². The van der Waals surface area contributed by atoms with Crippen LogP contribution in [0.2, 0.25) is 0 Å². The van der Waals surface area contributed by atoms with Gasteiger partial charge >= 0.3 is 5.63 Å². The SMILES string of the molecule is Cc1cc(C=Cc2cccc3ccccc23)oc(=O)c1. The van der Waals surface area contributed by atoms with E-state index in [4.69, 9.17) is 4.42 Å². The van der Waals surface area contributed by atoms with Crippen LogP contribution in [0.25, 0.3) is 22.9 Å². The highest BCUT2D eigenvalue weighted by molar-refractivity contribution is 5.92. The minimum atomic E-state index is -0.317. The summed E-state index contributed by atoms with van der Waals surface area (Å²) in [5.41, 5.74) is 1.69. The lowest BCUT2D eigenvalue weighted by Gasteiger charge is -2.01. The van der Waals surface area contributed by atoms with Crippen molar-refractivity contribution in [2.24, 2.45) is 0 Å². The Morgan fingerprint density at radius 2 is 1.75 bits per heavy atom. The first kappa shape index (κ1) is 12.4. The van der Waals surface area contributed by atoms with E-state index in [0.29, 0.717) is 5.76 Å². The van der Waals surface area contributed by atoms with Gasteiger partial charge in [-0.25, -0.2) is 4.79 Å². The number of benzene rings is 2. The highest BCUT2D eigenvalue weighted by Gasteiger charge is 1.98. The first-order valence-corrected chi connectivity index (χ1v) is 6.50. The molecule has 1 heterocycles. The lowest BCUT2D eigenvalue weighted by Crippen LogP contribution is -1.97. The fourth-order valence-electron chi connectivity index (χ4n) is 2.28. The molecule has 0 aliphatic carbocycles. The van der Waals surface area contributed by atoms with Crippen LogP contribution in [0.1, 0.15) is 16.9 Å². The van der Waals surface area contributed by atoms with Crippen molar-refractivity contribution in [2.45, 2.75) is 6.92 Å². The summed E-state index contributed by atoms with van der Waals surface area (Å²) in [5, 5.41) is 2.38. The molecule has 2 nitrogen and oxygen atoms in total. The molecule has 0 bridgehead atoms. The molecule has 20 heavy (non-hydrogen) atoms. The number of fused-ring (bicyclic) bond motifs is 1. The molecule has 2 aromatic carbocycles. The summed E-state index contributed by atoms with van der Waals surface area (Å²) in [6, 6.07) is 17.7. The lowest BCUT2D eigenvalue weighted by atomic mass is 10.0. The Kier molecular flexibility index (Phi) is 3.21. The second-order valence-corrected chi connectivity index (χ2v) is 4.76. The smallest absolute Gasteiger partial charge is 0.336 e. The van der Waals surface area contributed by atoms with Crippen LogP contribution in [-0.2, 0) is 0 Å². The molecule has 0 radical (unpaired) electrons. The van der Waals surface area contributed by atoms with E-state index in [0.717, 1.165) is 11.1 Å². The molecule has 0 atom stereocenters. The monoisotopic (exact) mass is 262 g/mol. The quantitative estimate of drug-likeness (QED) is 0.690. The number of hydrogen-bond donors (Lipinski definition) is 0. The third-order valence-electron chi connectivity index (χ3n) is 3.18. The molecule has 0 fully saturated rings. The fourth-order valence-corrected chi connectivity index (χ4v) is 2.28. The molecule has 98 valence electrons. The number of rotatable bonds is 2. The van der Waals surface area contributed by atoms with Crippen LogP contribution >= 0.6 is 0 Å². The first-order valence-electron chi connectivity index (χ1n) is 6.50. The summed E-state index contributed by atoms with van der Waals surface area (Å²) in [4.78, 5) is 11.3. The Morgan fingerprint density at radius 1 is 0.950 bits per heavy atom. The van der Waals surface area contributed by atoms with E-state index in [1.165, 1.54) is 16.8 Å². The lowest BCUT2D eigenvalue weighted by molar-refractivity contribution is 0.500. The highest BCUT2D eigenvalue weighted by atomic mass is 16.4. The van der Waals surface area contributed by atoms with Crippen LogP contribution in [0.5, 0.6) is 0 Å². The van der Waals surface area contributed by atoms with Gasteiger partial charge in [0, 0.05) is 6.07 Å². The summed E-state index contributed by atoms with van der Waals surface area (Å²) in [6.07, 6.45) is 3.80. The predicted octanol–water partition coefficient (Wildman–Crippen LogP) is 4.27. The van der Waals surface area contributed by atoms with Crippen molar-refractivity contribution in [2.75, 3.05) is 0 Å². The molecule has 3 rings (SSSR count). The third kappa shape index (κ3) is 2.54. The van der Waals surface area contributed by atoms with E-state index in [1.54, 1.807) is 0 Å². The zero-order valence-corrected chi connectivity index (χ0v) is 11.2. The standard InChI is InChI=1S/C18H14O2/c1-13-11-16(20-18(19)12-13)10-9-15-7-4-6-14-5-2-3-8-17(14)15/h2-12H,1H3. The molecule has 3 aromatic rings. The predicted molar refractivity (Wildman–Crippen MR) is 82.6 cm³/mol. The molecule has 0 saturated heterocycles. The van der Waals surface area contributed by atoms with Gasteiger partial charge in [0.1, 0.15) is 5.76 Å². The Morgan fingerprint density at radius 3 is 2.60 bits per heavy atom. The van der Waals surface area contributed by atoms with Gasteiger partial charge in [0.15, 0.2) is 0 Å². The van der Waals surface area contributed by atoms with Crippen LogP contribution in [0, 0.1) is 6.92 Å². The van der Waals surface area contributed by atoms with Gasteiger partial charge in [0.05, 0.1) is 0 Å². The van der Waals surface area contributed by atoms with Crippen molar-refractivity contribution in [1.29, 1.82) is 0 Å². The Hall–Kier alpha value is -2.61. The highest BCUT2D eigenvalue weighted by Crippen LogP contribution is 2.20. The third-order valence-corrected chi connectivity index (χ3v) is 3.18. The number of hydrogen-bond acceptors (Lipinski definition) is 2. The molecule has 0 amide bonds. The van der Waals surface area contributed by atoms with Gasteiger partial charge in [0.2, 0.25) is 0 Å². The molecule has 0 unspecified atom stereocenters. The van der Waals surface area contributed by atoms with Gasteiger partial charge in [0.25, 0.3) is 0 Å². The Bertz CT molecular complexity index is 836. The minimum Gasteiger partial charge on any atom is -0.423 e. The Labute approximate surface area is 117 Å². The Balaban J connectivity index is 2.04. The topological polar surface area (TPSA) is 30.2 Å². The van der Waals surface area contributed by atoms with Crippen molar-refractivity contribution in [3.05, 3.63) is 81.9 Å². The maximum Gasteiger partial charge on any atom is 0.336 e. The van der Waals surface area contributed by atoms with Crippen LogP contribution in [0.15, 0.2) is 63.8 Å². The molecule has 0 N–H and O–H groups in total. The molecule has 0 aliphatic heterocycles. The molecule has 1 aromatic heterocycles.